The molecule has 1 saturated carbocycles. The first-order valence-corrected chi connectivity index (χ1v) is 5.45. The van der Waals surface area contributed by atoms with Crippen molar-refractivity contribution >= 4 is 11.6 Å². The molecule has 0 spiro atoms. The zero-order valence-corrected chi connectivity index (χ0v) is 9.64. The number of nitriles is 1. The summed E-state index contributed by atoms with van der Waals surface area (Å²) >= 11 is 5.94. The van der Waals surface area contributed by atoms with Crippen LogP contribution in [0, 0.1) is 17.1 Å². The Morgan fingerprint density at radius 1 is 1.50 bits per heavy atom. The maximum atomic E-state index is 13.8. The Morgan fingerprint density at radius 3 is 2.62 bits per heavy atom. The average Bonchev–Trinajstić information content (AvgIpc) is 2.22. The Balaban J connectivity index is 2.50. The predicted octanol–water partition coefficient (Wildman–Crippen LogP) is 3.43. The monoisotopic (exact) mass is 239 g/mol. The first-order valence-electron chi connectivity index (χ1n) is 5.08. The second-order valence-electron chi connectivity index (χ2n) is 4.01. The number of ether oxygens (including phenoxy) is 1. The van der Waals surface area contributed by atoms with Crippen LogP contribution in [0.15, 0.2) is 12.1 Å². The number of methoxy groups -OCH3 is 1. The fourth-order valence-electron chi connectivity index (χ4n) is 2.02. The summed E-state index contributed by atoms with van der Waals surface area (Å²) in [5.74, 6) is -0.113. The van der Waals surface area contributed by atoms with Crippen molar-refractivity contribution < 1.29 is 9.13 Å². The van der Waals surface area contributed by atoms with Gasteiger partial charge in [-0.1, -0.05) is 11.6 Å². The van der Waals surface area contributed by atoms with E-state index in [1.807, 2.05) is 0 Å². The van der Waals surface area contributed by atoms with Gasteiger partial charge in [-0.15, -0.1) is 0 Å². The second kappa shape index (κ2) is 3.95. The summed E-state index contributed by atoms with van der Waals surface area (Å²) in [4.78, 5) is 0. The third-order valence-electron chi connectivity index (χ3n) is 3.18. The Labute approximate surface area is 98.6 Å². The molecule has 2 rings (SSSR count). The fraction of sp³-hybridized carbons (Fsp3) is 0.417. The Hall–Kier alpha value is -1.27. The van der Waals surface area contributed by atoms with Crippen molar-refractivity contribution in [2.75, 3.05) is 7.11 Å². The third-order valence-corrected chi connectivity index (χ3v) is 3.47. The molecule has 0 unspecified atom stereocenters. The lowest BCUT2D eigenvalue weighted by Crippen LogP contribution is -2.33. The molecule has 1 aromatic carbocycles. The van der Waals surface area contributed by atoms with E-state index >= 15 is 0 Å². The van der Waals surface area contributed by atoms with Gasteiger partial charge in [-0.3, -0.25) is 0 Å². The van der Waals surface area contributed by atoms with Crippen molar-refractivity contribution in [3.05, 3.63) is 28.5 Å². The highest BCUT2D eigenvalue weighted by Gasteiger charge is 2.41. The zero-order chi connectivity index (χ0) is 11.8. The molecule has 0 aliphatic heterocycles. The van der Waals surface area contributed by atoms with Crippen molar-refractivity contribution in [1.29, 1.82) is 5.26 Å². The lowest BCUT2D eigenvalue weighted by atomic mass is 9.65. The molecule has 16 heavy (non-hydrogen) atoms. The van der Waals surface area contributed by atoms with Crippen LogP contribution in [-0.2, 0) is 5.41 Å². The molecule has 0 N–H and O–H groups in total. The molecule has 4 heteroatoms. The molecule has 0 heterocycles. The molecule has 0 saturated heterocycles. The van der Waals surface area contributed by atoms with Gasteiger partial charge < -0.3 is 4.74 Å². The third kappa shape index (κ3) is 1.54. The van der Waals surface area contributed by atoms with Crippen LogP contribution < -0.4 is 4.74 Å². The van der Waals surface area contributed by atoms with E-state index in [1.165, 1.54) is 19.2 Å². The Morgan fingerprint density at radius 2 is 2.19 bits per heavy atom. The predicted molar refractivity (Wildman–Crippen MR) is 59.1 cm³/mol. The van der Waals surface area contributed by atoms with Crippen LogP contribution >= 0.6 is 11.6 Å². The van der Waals surface area contributed by atoms with E-state index in [2.05, 4.69) is 6.07 Å². The van der Waals surface area contributed by atoms with Crippen molar-refractivity contribution in [3.63, 3.8) is 0 Å². The first-order chi connectivity index (χ1) is 7.63. The van der Waals surface area contributed by atoms with Crippen LogP contribution in [0.25, 0.3) is 0 Å². The SMILES string of the molecule is COc1cc(F)c(C2(C#N)CCC2)cc1Cl. The molecule has 1 fully saturated rings. The average molecular weight is 240 g/mol. The Kier molecular flexibility index (Phi) is 2.77. The zero-order valence-electron chi connectivity index (χ0n) is 8.89. The van der Waals surface area contributed by atoms with Gasteiger partial charge in [0.05, 0.1) is 23.6 Å². The van der Waals surface area contributed by atoms with Crippen LogP contribution in [0.5, 0.6) is 5.75 Å². The van der Waals surface area contributed by atoms with Gasteiger partial charge in [0.25, 0.3) is 0 Å². The lowest BCUT2D eigenvalue weighted by Gasteiger charge is -2.35. The summed E-state index contributed by atoms with van der Waals surface area (Å²) in [6, 6.07) is 4.95. The number of rotatable bonds is 2. The number of hydrogen-bond acceptors (Lipinski definition) is 2. The molecular weight excluding hydrogens is 229 g/mol. The van der Waals surface area contributed by atoms with Gasteiger partial charge in [0.2, 0.25) is 0 Å². The van der Waals surface area contributed by atoms with Gasteiger partial charge in [0.15, 0.2) is 0 Å². The minimum Gasteiger partial charge on any atom is -0.495 e. The van der Waals surface area contributed by atoms with E-state index < -0.39 is 11.2 Å². The number of hydrogen-bond donors (Lipinski definition) is 0. The normalized spacial score (nSPS) is 17.4. The highest BCUT2D eigenvalue weighted by atomic mass is 35.5. The molecule has 1 aliphatic rings. The van der Waals surface area contributed by atoms with Gasteiger partial charge in [-0.2, -0.15) is 5.26 Å². The number of benzene rings is 1. The van der Waals surface area contributed by atoms with Crippen LogP contribution in [-0.4, -0.2) is 7.11 Å². The van der Waals surface area contributed by atoms with E-state index in [9.17, 15) is 4.39 Å². The molecule has 0 radical (unpaired) electrons. The lowest BCUT2D eigenvalue weighted by molar-refractivity contribution is 0.312. The molecule has 84 valence electrons. The van der Waals surface area contributed by atoms with Gasteiger partial charge >= 0.3 is 0 Å². The van der Waals surface area contributed by atoms with Crippen LogP contribution in [0.1, 0.15) is 24.8 Å². The Bertz CT molecular complexity index is 463. The number of halogens is 2. The van der Waals surface area contributed by atoms with Crippen LogP contribution in [0.3, 0.4) is 0 Å². The van der Waals surface area contributed by atoms with Crippen molar-refractivity contribution in [2.24, 2.45) is 0 Å². The van der Waals surface area contributed by atoms with E-state index in [-0.39, 0.29) is 0 Å². The van der Waals surface area contributed by atoms with E-state index in [1.54, 1.807) is 0 Å². The summed E-state index contributed by atoms with van der Waals surface area (Å²) in [5, 5.41) is 9.49. The molecule has 0 bridgehead atoms. The molecule has 2 nitrogen and oxygen atoms in total. The largest absolute Gasteiger partial charge is 0.495 e. The molecule has 1 aliphatic carbocycles. The fourth-order valence-corrected chi connectivity index (χ4v) is 2.26. The van der Waals surface area contributed by atoms with Crippen molar-refractivity contribution in [3.8, 4) is 11.8 Å². The topological polar surface area (TPSA) is 33.0 Å². The molecule has 1 aromatic rings. The van der Waals surface area contributed by atoms with Crippen LogP contribution in [0.2, 0.25) is 5.02 Å². The number of nitrogens with zero attached hydrogens (tertiary/aromatic N) is 1. The molecule has 0 atom stereocenters. The van der Waals surface area contributed by atoms with E-state index in [0.717, 1.165) is 6.42 Å². The van der Waals surface area contributed by atoms with Gasteiger partial charge in [0, 0.05) is 11.6 Å². The van der Waals surface area contributed by atoms with Crippen molar-refractivity contribution in [2.45, 2.75) is 24.7 Å². The van der Waals surface area contributed by atoms with Crippen molar-refractivity contribution in [1.82, 2.24) is 0 Å². The van der Waals surface area contributed by atoms with Gasteiger partial charge in [0.1, 0.15) is 11.6 Å². The highest BCUT2D eigenvalue weighted by molar-refractivity contribution is 6.32. The summed E-state index contributed by atoms with van der Waals surface area (Å²) in [7, 11) is 1.43. The minimum absolute atomic E-state index is 0.301. The van der Waals surface area contributed by atoms with Crippen LogP contribution in [0.4, 0.5) is 4.39 Å². The second-order valence-corrected chi connectivity index (χ2v) is 4.42. The minimum atomic E-state index is -0.681. The van der Waals surface area contributed by atoms with Gasteiger partial charge in [-0.05, 0) is 25.3 Å². The smallest absolute Gasteiger partial charge is 0.140 e. The molecule has 0 amide bonds. The van der Waals surface area contributed by atoms with E-state index in [0.29, 0.717) is 29.2 Å². The summed E-state index contributed by atoms with van der Waals surface area (Å²) in [6.45, 7) is 0. The summed E-state index contributed by atoms with van der Waals surface area (Å²) in [6.07, 6.45) is 2.35. The standard InChI is InChI=1S/C12H11ClFNO/c1-16-11-6-10(14)8(5-9(11)13)12(7-15)3-2-4-12/h5-6H,2-4H2,1H3. The summed E-state index contributed by atoms with van der Waals surface area (Å²) < 4.78 is 18.8. The first kappa shape index (κ1) is 11.2. The van der Waals surface area contributed by atoms with Gasteiger partial charge in [-0.25, -0.2) is 4.39 Å². The summed E-state index contributed by atoms with van der Waals surface area (Å²) in [5.41, 5.74) is -0.285. The maximum absolute atomic E-state index is 13.8. The molecular formula is C12H11ClFNO. The van der Waals surface area contributed by atoms with E-state index in [4.69, 9.17) is 21.6 Å². The highest BCUT2D eigenvalue weighted by Crippen LogP contribution is 2.45. The maximum Gasteiger partial charge on any atom is 0.140 e. The quantitative estimate of drug-likeness (QED) is 0.792. The molecule has 0 aromatic heterocycles.